The van der Waals surface area contributed by atoms with Crippen molar-refractivity contribution in [2.45, 2.75) is 18.4 Å². The van der Waals surface area contributed by atoms with Gasteiger partial charge in [-0.05, 0) is 53.8 Å². The number of halogens is 1. The first-order valence-corrected chi connectivity index (χ1v) is 10.3. The minimum atomic E-state index is 0.101. The standard InChI is InChI=1S/C23H23ClN2O2/c24-17-7-4-15(5-8-17)22-19-3-1-2-18(19)20-14-16(6-9-21(20)25-22)23(27)26-10-12-28-13-11-26/h1-2,4-9,14,18-19,22,25H,3,10-13H2/t18-,19+,22+/m0/s1. The number of hydrogen-bond donors (Lipinski definition) is 1. The molecule has 2 aliphatic heterocycles. The van der Waals surface area contributed by atoms with Crippen LogP contribution in [0.3, 0.4) is 0 Å². The second kappa shape index (κ2) is 7.26. The number of anilines is 1. The van der Waals surface area contributed by atoms with Crippen molar-refractivity contribution in [3.63, 3.8) is 0 Å². The van der Waals surface area contributed by atoms with Crippen molar-refractivity contribution >= 4 is 23.2 Å². The molecule has 1 N–H and O–H groups in total. The molecule has 0 unspecified atom stereocenters. The van der Waals surface area contributed by atoms with E-state index < -0.39 is 0 Å². The molecule has 1 fully saturated rings. The van der Waals surface area contributed by atoms with E-state index >= 15 is 0 Å². The summed E-state index contributed by atoms with van der Waals surface area (Å²) in [6.45, 7) is 2.57. The Morgan fingerprint density at radius 1 is 1.11 bits per heavy atom. The minimum Gasteiger partial charge on any atom is -0.378 e. The van der Waals surface area contributed by atoms with Crippen molar-refractivity contribution < 1.29 is 9.53 Å². The number of nitrogens with one attached hydrogen (secondary N) is 1. The number of allylic oxidation sites excluding steroid dienone is 2. The highest BCUT2D eigenvalue weighted by molar-refractivity contribution is 6.30. The first-order valence-electron chi connectivity index (χ1n) is 9.90. The first kappa shape index (κ1) is 17.8. The van der Waals surface area contributed by atoms with E-state index in [-0.39, 0.29) is 11.9 Å². The first-order chi connectivity index (χ1) is 13.7. The van der Waals surface area contributed by atoms with Gasteiger partial charge in [0, 0.05) is 35.3 Å². The Hall–Kier alpha value is -2.30. The zero-order chi connectivity index (χ0) is 19.1. The number of ether oxygens (including phenoxy) is 1. The lowest BCUT2D eigenvalue weighted by Crippen LogP contribution is -2.40. The SMILES string of the molecule is O=C(c1ccc2c(c1)[C@H]1C=CC[C@H]1[C@@H](c1ccc(Cl)cc1)N2)N1CCOCC1. The largest absolute Gasteiger partial charge is 0.378 e. The highest BCUT2D eigenvalue weighted by Gasteiger charge is 2.38. The number of rotatable bonds is 2. The summed E-state index contributed by atoms with van der Waals surface area (Å²) < 4.78 is 5.37. The van der Waals surface area contributed by atoms with Crippen molar-refractivity contribution in [3.05, 3.63) is 76.3 Å². The molecule has 1 aliphatic carbocycles. The molecular weight excluding hydrogens is 372 g/mol. The number of hydrogen-bond acceptors (Lipinski definition) is 3. The molecule has 4 nitrogen and oxygen atoms in total. The monoisotopic (exact) mass is 394 g/mol. The van der Waals surface area contributed by atoms with E-state index in [9.17, 15) is 4.79 Å². The predicted octanol–water partition coefficient (Wildman–Crippen LogP) is 4.64. The smallest absolute Gasteiger partial charge is 0.254 e. The van der Waals surface area contributed by atoms with Gasteiger partial charge in [-0.3, -0.25) is 4.79 Å². The van der Waals surface area contributed by atoms with Crippen molar-refractivity contribution in [3.8, 4) is 0 Å². The molecule has 28 heavy (non-hydrogen) atoms. The van der Waals surface area contributed by atoms with E-state index in [1.807, 2.05) is 23.1 Å². The minimum absolute atomic E-state index is 0.101. The van der Waals surface area contributed by atoms with Gasteiger partial charge in [0.2, 0.25) is 0 Å². The van der Waals surface area contributed by atoms with Crippen LogP contribution in [0.2, 0.25) is 5.02 Å². The van der Waals surface area contributed by atoms with Gasteiger partial charge in [0.25, 0.3) is 5.91 Å². The van der Waals surface area contributed by atoms with Gasteiger partial charge in [-0.25, -0.2) is 0 Å². The molecule has 5 rings (SSSR count). The van der Waals surface area contributed by atoms with Crippen LogP contribution in [-0.4, -0.2) is 37.1 Å². The molecular formula is C23H23ClN2O2. The van der Waals surface area contributed by atoms with Crippen molar-refractivity contribution in [2.75, 3.05) is 31.6 Å². The summed E-state index contributed by atoms with van der Waals surface area (Å²) in [5.41, 5.74) is 4.36. The second-order valence-corrected chi connectivity index (χ2v) is 8.17. The Labute approximate surface area is 170 Å². The van der Waals surface area contributed by atoms with Gasteiger partial charge >= 0.3 is 0 Å². The lowest BCUT2D eigenvalue weighted by Gasteiger charge is -2.38. The molecule has 0 spiro atoms. The third-order valence-electron chi connectivity index (χ3n) is 6.14. The number of carbonyl (C=O) groups is 1. The van der Waals surface area contributed by atoms with Gasteiger partial charge in [-0.2, -0.15) is 0 Å². The molecule has 0 saturated carbocycles. The molecule has 2 aromatic carbocycles. The lowest BCUT2D eigenvalue weighted by atomic mass is 9.76. The Balaban J connectivity index is 1.47. The second-order valence-electron chi connectivity index (χ2n) is 7.73. The van der Waals surface area contributed by atoms with E-state index in [0.29, 0.717) is 38.1 Å². The highest BCUT2D eigenvalue weighted by atomic mass is 35.5. The van der Waals surface area contributed by atoms with Gasteiger partial charge < -0.3 is 15.0 Å². The summed E-state index contributed by atoms with van der Waals surface area (Å²) in [7, 11) is 0. The molecule has 5 heteroatoms. The Kier molecular flexibility index (Phi) is 4.61. The maximum Gasteiger partial charge on any atom is 0.254 e. The van der Waals surface area contributed by atoms with Crippen LogP contribution in [0.25, 0.3) is 0 Å². The van der Waals surface area contributed by atoms with Crippen LogP contribution < -0.4 is 5.32 Å². The molecule has 1 saturated heterocycles. The Bertz CT molecular complexity index is 919. The zero-order valence-electron chi connectivity index (χ0n) is 15.6. The van der Waals surface area contributed by atoms with Crippen molar-refractivity contribution in [1.82, 2.24) is 4.90 Å². The topological polar surface area (TPSA) is 41.6 Å². The van der Waals surface area contributed by atoms with Gasteiger partial charge in [0.15, 0.2) is 0 Å². The third-order valence-corrected chi connectivity index (χ3v) is 6.39. The van der Waals surface area contributed by atoms with E-state index in [2.05, 4.69) is 41.7 Å². The molecule has 0 bridgehead atoms. The van der Waals surface area contributed by atoms with Gasteiger partial charge in [0.05, 0.1) is 19.3 Å². The van der Waals surface area contributed by atoms with Crippen LogP contribution in [0, 0.1) is 5.92 Å². The number of amides is 1. The number of benzene rings is 2. The highest BCUT2D eigenvalue weighted by Crippen LogP contribution is 2.50. The fraction of sp³-hybridized carbons (Fsp3) is 0.348. The third kappa shape index (κ3) is 3.11. The summed E-state index contributed by atoms with van der Waals surface area (Å²) in [5, 5.41) is 4.48. The summed E-state index contributed by atoms with van der Waals surface area (Å²) in [4.78, 5) is 14.8. The Morgan fingerprint density at radius 2 is 1.89 bits per heavy atom. The summed E-state index contributed by atoms with van der Waals surface area (Å²) >= 11 is 6.08. The van der Waals surface area contributed by atoms with Crippen molar-refractivity contribution in [1.29, 1.82) is 0 Å². The maximum atomic E-state index is 12.9. The fourth-order valence-electron chi connectivity index (χ4n) is 4.68. The van der Waals surface area contributed by atoms with Gasteiger partial charge in [-0.1, -0.05) is 35.9 Å². The van der Waals surface area contributed by atoms with E-state index in [1.165, 1.54) is 11.1 Å². The molecule has 0 aromatic heterocycles. The summed E-state index contributed by atoms with van der Waals surface area (Å²) in [6, 6.07) is 14.5. The van der Waals surface area contributed by atoms with E-state index in [1.54, 1.807) is 0 Å². The number of fused-ring (bicyclic) bond motifs is 3. The summed E-state index contributed by atoms with van der Waals surface area (Å²) in [6.07, 6.45) is 5.60. The van der Waals surface area contributed by atoms with E-state index in [0.717, 1.165) is 22.7 Å². The normalized spacial score (nSPS) is 25.8. The predicted molar refractivity (Wildman–Crippen MR) is 111 cm³/mol. The van der Waals surface area contributed by atoms with Crippen LogP contribution in [0.1, 0.15) is 39.9 Å². The quantitative estimate of drug-likeness (QED) is 0.754. The number of nitrogens with zero attached hydrogens (tertiary/aromatic N) is 1. The van der Waals surface area contributed by atoms with Gasteiger partial charge in [0.1, 0.15) is 0 Å². The number of carbonyl (C=O) groups excluding carboxylic acids is 1. The molecule has 3 aliphatic rings. The average molecular weight is 395 g/mol. The maximum absolute atomic E-state index is 12.9. The van der Waals surface area contributed by atoms with Crippen LogP contribution in [0.5, 0.6) is 0 Å². The van der Waals surface area contributed by atoms with Crippen LogP contribution in [0.15, 0.2) is 54.6 Å². The number of morpholine rings is 1. The van der Waals surface area contributed by atoms with Gasteiger partial charge in [-0.15, -0.1) is 0 Å². The van der Waals surface area contributed by atoms with Crippen LogP contribution in [0.4, 0.5) is 5.69 Å². The summed E-state index contributed by atoms with van der Waals surface area (Å²) in [5.74, 6) is 0.876. The van der Waals surface area contributed by atoms with E-state index in [4.69, 9.17) is 16.3 Å². The molecule has 144 valence electrons. The molecule has 0 radical (unpaired) electrons. The average Bonchev–Trinajstić information content (AvgIpc) is 3.24. The lowest BCUT2D eigenvalue weighted by molar-refractivity contribution is 0.0303. The van der Waals surface area contributed by atoms with Crippen LogP contribution in [-0.2, 0) is 4.74 Å². The molecule has 1 amide bonds. The fourth-order valence-corrected chi connectivity index (χ4v) is 4.80. The zero-order valence-corrected chi connectivity index (χ0v) is 16.4. The molecule has 2 aromatic rings. The molecule has 3 atom stereocenters. The molecule has 2 heterocycles. The van der Waals surface area contributed by atoms with Crippen LogP contribution >= 0.6 is 11.6 Å². The van der Waals surface area contributed by atoms with Crippen molar-refractivity contribution in [2.24, 2.45) is 5.92 Å². The Morgan fingerprint density at radius 3 is 2.68 bits per heavy atom.